The number of halogens is 1. The van der Waals surface area contributed by atoms with Gasteiger partial charge in [0.05, 0.1) is 4.92 Å². The van der Waals surface area contributed by atoms with Crippen LogP contribution in [0.2, 0.25) is 0 Å². The fourth-order valence-electron chi connectivity index (χ4n) is 2.63. The highest BCUT2D eigenvalue weighted by molar-refractivity contribution is 5.74. The third kappa shape index (κ3) is 2.77. The van der Waals surface area contributed by atoms with Crippen molar-refractivity contribution in [3.8, 4) is 0 Å². The number of hydrogen-bond acceptors (Lipinski definition) is 4. The molecule has 108 valence electrons. The molecule has 1 aliphatic heterocycles. The number of nitro groups is 1. The summed E-state index contributed by atoms with van der Waals surface area (Å²) in [7, 11) is 0. The molecule has 1 aliphatic rings. The van der Waals surface area contributed by atoms with Crippen molar-refractivity contribution in [1.29, 1.82) is 0 Å². The third-order valence-electron chi connectivity index (χ3n) is 3.65. The van der Waals surface area contributed by atoms with Crippen LogP contribution in [-0.2, 0) is 11.3 Å². The molecule has 0 amide bonds. The summed E-state index contributed by atoms with van der Waals surface area (Å²) in [5.41, 5.74) is -0.0354. The van der Waals surface area contributed by atoms with Crippen molar-refractivity contribution in [3.63, 3.8) is 0 Å². The van der Waals surface area contributed by atoms with Crippen LogP contribution in [0.25, 0.3) is 0 Å². The Bertz CT molecular complexity index is 549. The van der Waals surface area contributed by atoms with Crippen LogP contribution in [0.3, 0.4) is 0 Å². The fraction of sp³-hybridized carbons (Fsp3) is 0.462. The second kappa shape index (κ2) is 5.54. The Morgan fingerprint density at radius 3 is 2.85 bits per heavy atom. The van der Waals surface area contributed by atoms with E-state index in [1.807, 2.05) is 6.92 Å². The first-order valence-electron chi connectivity index (χ1n) is 6.30. The molecule has 0 bridgehead atoms. The van der Waals surface area contributed by atoms with Crippen molar-refractivity contribution < 1.29 is 19.2 Å². The predicted octanol–water partition coefficient (Wildman–Crippen LogP) is 2.03. The highest BCUT2D eigenvalue weighted by Gasteiger charge is 2.36. The number of likely N-dealkylation sites (tertiary alicyclic amines) is 1. The molecular weight excluding hydrogens is 267 g/mol. The van der Waals surface area contributed by atoms with E-state index in [0.717, 1.165) is 18.6 Å². The van der Waals surface area contributed by atoms with Gasteiger partial charge in [-0.05, 0) is 30.5 Å². The van der Waals surface area contributed by atoms with E-state index in [2.05, 4.69) is 0 Å². The number of nitrogens with zero attached hydrogens (tertiary/aromatic N) is 2. The van der Waals surface area contributed by atoms with Crippen LogP contribution in [0.15, 0.2) is 18.2 Å². The molecule has 1 fully saturated rings. The van der Waals surface area contributed by atoms with Crippen molar-refractivity contribution >= 4 is 11.7 Å². The summed E-state index contributed by atoms with van der Waals surface area (Å²) >= 11 is 0. The molecule has 2 atom stereocenters. The molecule has 2 unspecified atom stereocenters. The molecule has 0 aromatic heterocycles. The second-order valence-electron chi connectivity index (χ2n) is 5.06. The monoisotopic (exact) mass is 282 g/mol. The molecule has 1 aromatic rings. The lowest BCUT2D eigenvalue weighted by Crippen LogP contribution is -2.38. The van der Waals surface area contributed by atoms with E-state index in [1.54, 1.807) is 4.90 Å². The lowest BCUT2D eigenvalue weighted by atomic mass is 10.0. The summed E-state index contributed by atoms with van der Waals surface area (Å²) in [6, 6.07) is 3.08. The average molecular weight is 282 g/mol. The van der Waals surface area contributed by atoms with Crippen molar-refractivity contribution in [2.45, 2.75) is 25.9 Å². The van der Waals surface area contributed by atoms with Gasteiger partial charge in [0, 0.05) is 12.6 Å². The zero-order valence-electron chi connectivity index (χ0n) is 11.0. The Morgan fingerprint density at radius 1 is 1.60 bits per heavy atom. The van der Waals surface area contributed by atoms with Gasteiger partial charge < -0.3 is 5.11 Å². The molecule has 1 aromatic carbocycles. The van der Waals surface area contributed by atoms with Crippen molar-refractivity contribution in [1.82, 2.24) is 4.90 Å². The highest BCUT2D eigenvalue weighted by Crippen LogP contribution is 2.27. The van der Waals surface area contributed by atoms with E-state index in [-0.39, 0.29) is 12.5 Å². The lowest BCUT2D eigenvalue weighted by Gasteiger charge is -2.23. The summed E-state index contributed by atoms with van der Waals surface area (Å²) in [5, 5.41) is 19.7. The zero-order chi connectivity index (χ0) is 14.9. The summed E-state index contributed by atoms with van der Waals surface area (Å²) in [4.78, 5) is 22.7. The molecule has 1 N–H and O–H groups in total. The first-order valence-corrected chi connectivity index (χ1v) is 6.30. The third-order valence-corrected chi connectivity index (χ3v) is 3.65. The normalized spacial score (nSPS) is 22.9. The number of aliphatic carboxylic acids is 1. The number of carbonyl (C=O) groups is 1. The van der Waals surface area contributed by atoms with Gasteiger partial charge in [-0.3, -0.25) is 19.8 Å². The maximum Gasteiger partial charge on any atom is 0.321 e. The van der Waals surface area contributed by atoms with Gasteiger partial charge in [0.2, 0.25) is 5.82 Å². The number of hydrogen-bond donors (Lipinski definition) is 1. The standard InChI is InChI=1S/C13H15FN2O4/c1-8-4-5-15(12(8)13(17)18)7-9-2-3-11(16(19)20)10(14)6-9/h2-3,6,8,12H,4-5,7H2,1H3,(H,17,18). The van der Waals surface area contributed by atoms with E-state index in [9.17, 15) is 24.4 Å². The van der Waals surface area contributed by atoms with Crippen LogP contribution in [-0.4, -0.2) is 33.5 Å². The summed E-state index contributed by atoms with van der Waals surface area (Å²) in [6.07, 6.45) is 0.770. The van der Waals surface area contributed by atoms with Gasteiger partial charge in [-0.2, -0.15) is 4.39 Å². The molecule has 0 radical (unpaired) electrons. The van der Waals surface area contributed by atoms with Gasteiger partial charge in [0.1, 0.15) is 6.04 Å². The quantitative estimate of drug-likeness (QED) is 0.674. The van der Waals surface area contributed by atoms with Crippen LogP contribution in [0.1, 0.15) is 18.9 Å². The number of benzene rings is 1. The molecule has 20 heavy (non-hydrogen) atoms. The Balaban J connectivity index is 2.16. The van der Waals surface area contributed by atoms with Gasteiger partial charge in [-0.1, -0.05) is 13.0 Å². The highest BCUT2D eigenvalue weighted by atomic mass is 19.1. The summed E-state index contributed by atoms with van der Waals surface area (Å²) in [6.45, 7) is 2.77. The van der Waals surface area contributed by atoms with Gasteiger partial charge >= 0.3 is 11.7 Å². The second-order valence-corrected chi connectivity index (χ2v) is 5.06. The van der Waals surface area contributed by atoms with E-state index in [1.165, 1.54) is 6.07 Å². The van der Waals surface area contributed by atoms with Crippen molar-refractivity contribution in [3.05, 3.63) is 39.7 Å². The fourth-order valence-corrected chi connectivity index (χ4v) is 2.63. The molecule has 0 spiro atoms. The Hall–Kier alpha value is -2.02. The summed E-state index contributed by atoms with van der Waals surface area (Å²) in [5.74, 6) is -1.75. The molecule has 0 aliphatic carbocycles. The van der Waals surface area contributed by atoms with Gasteiger partial charge in [-0.25, -0.2) is 0 Å². The van der Waals surface area contributed by atoms with Gasteiger partial charge in [0.15, 0.2) is 0 Å². The van der Waals surface area contributed by atoms with E-state index in [0.29, 0.717) is 12.1 Å². The first kappa shape index (κ1) is 14.4. The Labute approximate surface area is 115 Å². The molecule has 0 saturated carbocycles. The van der Waals surface area contributed by atoms with Crippen LogP contribution in [0, 0.1) is 21.8 Å². The first-order chi connectivity index (χ1) is 9.40. The van der Waals surface area contributed by atoms with Crippen molar-refractivity contribution in [2.24, 2.45) is 5.92 Å². The molecule has 1 heterocycles. The Kier molecular flexibility index (Phi) is 3.99. The SMILES string of the molecule is CC1CCN(Cc2ccc([N+](=O)[O-])c(F)c2)C1C(=O)O. The summed E-state index contributed by atoms with van der Waals surface area (Å²) < 4.78 is 13.5. The van der Waals surface area contributed by atoms with Gasteiger partial charge in [-0.15, -0.1) is 0 Å². The van der Waals surface area contributed by atoms with Crippen molar-refractivity contribution in [2.75, 3.05) is 6.54 Å². The van der Waals surface area contributed by atoms with Gasteiger partial charge in [0.25, 0.3) is 0 Å². The smallest absolute Gasteiger partial charge is 0.321 e. The predicted molar refractivity (Wildman–Crippen MR) is 68.7 cm³/mol. The minimum Gasteiger partial charge on any atom is -0.480 e. The number of carboxylic acids is 1. The van der Waals surface area contributed by atoms with Crippen LogP contribution < -0.4 is 0 Å². The zero-order valence-corrected chi connectivity index (χ0v) is 11.0. The van der Waals surface area contributed by atoms with Crippen LogP contribution in [0.4, 0.5) is 10.1 Å². The maximum absolute atomic E-state index is 13.5. The van der Waals surface area contributed by atoms with Crippen LogP contribution >= 0.6 is 0 Å². The van der Waals surface area contributed by atoms with Crippen LogP contribution in [0.5, 0.6) is 0 Å². The van der Waals surface area contributed by atoms with E-state index in [4.69, 9.17) is 0 Å². The Morgan fingerprint density at radius 2 is 2.30 bits per heavy atom. The largest absolute Gasteiger partial charge is 0.480 e. The average Bonchev–Trinajstić information content (AvgIpc) is 2.70. The molecular formula is C13H15FN2O4. The van der Waals surface area contributed by atoms with E-state index >= 15 is 0 Å². The number of carboxylic acid groups (broad SMARTS) is 1. The minimum atomic E-state index is -0.897. The molecule has 2 rings (SSSR count). The number of nitro benzene ring substituents is 1. The molecule has 6 nitrogen and oxygen atoms in total. The molecule has 1 saturated heterocycles. The van der Waals surface area contributed by atoms with E-state index < -0.39 is 28.4 Å². The minimum absolute atomic E-state index is 0.0374. The number of rotatable bonds is 4. The topological polar surface area (TPSA) is 83.7 Å². The molecule has 7 heteroatoms. The maximum atomic E-state index is 13.5. The lowest BCUT2D eigenvalue weighted by molar-refractivity contribution is -0.387.